The van der Waals surface area contributed by atoms with Crippen LogP contribution < -0.4 is 0 Å². The summed E-state index contributed by atoms with van der Waals surface area (Å²) in [6.07, 6.45) is 0. The SMILES string of the molecule is CC1C(C)C(C)C(C)C1C.OCCN(CCO)CCO.[Ti]. The van der Waals surface area contributed by atoms with Crippen molar-refractivity contribution in [1.82, 2.24) is 4.90 Å². The van der Waals surface area contributed by atoms with E-state index in [1.165, 1.54) is 0 Å². The minimum absolute atomic E-state index is 0. The normalized spacial score (nSPS) is 31.6. The zero-order valence-electron chi connectivity index (χ0n) is 14.4. The summed E-state index contributed by atoms with van der Waals surface area (Å²) in [4.78, 5) is 1.79. The Morgan fingerprint density at radius 2 is 0.762 bits per heavy atom. The third-order valence-electron chi connectivity index (χ3n) is 5.40. The third kappa shape index (κ3) is 8.10. The van der Waals surface area contributed by atoms with Crippen molar-refractivity contribution in [3.05, 3.63) is 0 Å². The van der Waals surface area contributed by atoms with Gasteiger partial charge in [-0.05, 0) is 29.6 Å². The van der Waals surface area contributed by atoms with Gasteiger partial charge in [0, 0.05) is 41.4 Å². The van der Waals surface area contributed by atoms with E-state index in [0.29, 0.717) is 19.6 Å². The van der Waals surface area contributed by atoms with E-state index >= 15 is 0 Å². The van der Waals surface area contributed by atoms with Crippen LogP contribution in [0.2, 0.25) is 0 Å². The van der Waals surface area contributed by atoms with Crippen molar-refractivity contribution in [3.8, 4) is 0 Å². The van der Waals surface area contributed by atoms with Crippen LogP contribution in [0, 0.1) is 29.6 Å². The van der Waals surface area contributed by atoms with Crippen molar-refractivity contribution in [2.75, 3.05) is 39.5 Å². The zero-order valence-corrected chi connectivity index (χ0v) is 16.0. The molecule has 0 aromatic carbocycles. The minimum Gasteiger partial charge on any atom is -0.395 e. The van der Waals surface area contributed by atoms with Crippen LogP contribution in [0.15, 0.2) is 0 Å². The van der Waals surface area contributed by atoms with E-state index in [9.17, 15) is 0 Å². The van der Waals surface area contributed by atoms with E-state index in [0.717, 1.165) is 29.6 Å². The molecule has 0 bridgehead atoms. The van der Waals surface area contributed by atoms with Gasteiger partial charge in [0.25, 0.3) is 0 Å². The first-order chi connectivity index (χ1) is 9.40. The van der Waals surface area contributed by atoms with Crippen LogP contribution in [0.25, 0.3) is 0 Å². The van der Waals surface area contributed by atoms with Gasteiger partial charge in [-0.1, -0.05) is 34.6 Å². The molecule has 0 spiro atoms. The topological polar surface area (TPSA) is 63.9 Å². The van der Waals surface area contributed by atoms with E-state index in [1.54, 1.807) is 4.90 Å². The van der Waals surface area contributed by atoms with Gasteiger partial charge in [-0.3, -0.25) is 4.90 Å². The number of rotatable bonds is 6. The van der Waals surface area contributed by atoms with Crippen LogP contribution in [-0.2, 0) is 21.7 Å². The largest absolute Gasteiger partial charge is 0.395 e. The van der Waals surface area contributed by atoms with Crippen molar-refractivity contribution in [3.63, 3.8) is 0 Å². The fourth-order valence-electron chi connectivity index (χ4n) is 3.15. The van der Waals surface area contributed by atoms with Gasteiger partial charge in [0.15, 0.2) is 0 Å². The summed E-state index contributed by atoms with van der Waals surface area (Å²) in [5, 5.41) is 25.5. The van der Waals surface area contributed by atoms with Crippen LogP contribution in [0.1, 0.15) is 34.6 Å². The Balaban J connectivity index is 0. The predicted molar refractivity (Wildman–Crippen MR) is 83.5 cm³/mol. The van der Waals surface area contributed by atoms with Crippen molar-refractivity contribution in [2.45, 2.75) is 34.6 Å². The maximum absolute atomic E-state index is 8.48. The summed E-state index contributed by atoms with van der Waals surface area (Å²) in [6.45, 7) is 13.7. The fraction of sp³-hybridized carbons (Fsp3) is 1.00. The second-order valence-corrected chi connectivity index (χ2v) is 6.31. The zero-order chi connectivity index (χ0) is 15.7. The van der Waals surface area contributed by atoms with Crippen molar-refractivity contribution in [2.24, 2.45) is 29.6 Å². The van der Waals surface area contributed by atoms with Gasteiger partial charge in [0.2, 0.25) is 0 Å². The number of nitrogens with zero attached hydrogens (tertiary/aromatic N) is 1. The molecule has 0 amide bonds. The Labute approximate surface area is 145 Å². The van der Waals surface area contributed by atoms with E-state index in [-0.39, 0.29) is 41.5 Å². The summed E-state index contributed by atoms with van der Waals surface area (Å²) in [6, 6.07) is 0. The summed E-state index contributed by atoms with van der Waals surface area (Å²) < 4.78 is 0. The molecule has 1 rings (SSSR count). The molecule has 0 aromatic heterocycles. The number of aliphatic hydroxyl groups is 3. The van der Waals surface area contributed by atoms with E-state index in [4.69, 9.17) is 15.3 Å². The maximum Gasteiger partial charge on any atom is 0.0558 e. The van der Waals surface area contributed by atoms with Gasteiger partial charge in [0.1, 0.15) is 0 Å². The minimum atomic E-state index is 0. The average molecular weight is 337 g/mol. The summed E-state index contributed by atoms with van der Waals surface area (Å²) in [7, 11) is 0. The molecule has 5 heteroatoms. The monoisotopic (exact) mass is 337 g/mol. The first-order valence-corrected chi connectivity index (χ1v) is 7.95. The Kier molecular flexibility index (Phi) is 14.8. The molecule has 1 aliphatic carbocycles. The van der Waals surface area contributed by atoms with E-state index in [1.807, 2.05) is 0 Å². The number of aliphatic hydroxyl groups excluding tert-OH is 3. The molecule has 0 radical (unpaired) electrons. The van der Waals surface area contributed by atoms with Gasteiger partial charge in [-0.15, -0.1) is 0 Å². The van der Waals surface area contributed by atoms with E-state index in [2.05, 4.69) is 34.6 Å². The van der Waals surface area contributed by atoms with E-state index < -0.39 is 0 Å². The van der Waals surface area contributed by atoms with Gasteiger partial charge in [-0.2, -0.15) is 0 Å². The first kappa shape index (κ1) is 23.8. The van der Waals surface area contributed by atoms with Gasteiger partial charge < -0.3 is 15.3 Å². The molecule has 0 atom stereocenters. The Morgan fingerprint density at radius 1 is 0.571 bits per heavy atom. The first-order valence-electron chi connectivity index (χ1n) is 7.95. The van der Waals surface area contributed by atoms with Crippen LogP contribution in [-0.4, -0.2) is 59.7 Å². The van der Waals surface area contributed by atoms with Crippen molar-refractivity contribution >= 4 is 0 Å². The van der Waals surface area contributed by atoms with Crippen LogP contribution in [0.5, 0.6) is 0 Å². The Hall–Kier alpha value is 0.554. The Morgan fingerprint density at radius 3 is 0.905 bits per heavy atom. The molecule has 1 fully saturated rings. The molecule has 3 N–H and O–H groups in total. The number of hydrogen-bond donors (Lipinski definition) is 3. The molecular formula is C16H35NO3Ti. The Bertz CT molecular complexity index is 184. The molecule has 0 unspecified atom stereocenters. The molecular weight excluding hydrogens is 302 g/mol. The molecule has 1 aliphatic rings. The maximum atomic E-state index is 8.48. The smallest absolute Gasteiger partial charge is 0.0558 e. The van der Waals surface area contributed by atoms with Crippen LogP contribution in [0.4, 0.5) is 0 Å². The quantitative estimate of drug-likeness (QED) is 0.642. The van der Waals surface area contributed by atoms with Gasteiger partial charge in [0.05, 0.1) is 19.8 Å². The van der Waals surface area contributed by atoms with Crippen molar-refractivity contribution < 1.29 is 37.0 Å². The number of hydrogen-bond acceptors (Lipinski definition) is 4. The fourth-order valence-corrected chi connectivity index (χ4v) is 3.15. The average Bonchev–Trinajstić information content (AvgIpc) is 2.59. The van der Waals surface area contributed by atoms with Gasteiger partial charge in [-0.25, -0.2) is 0 Å². The van der Waals surface area contributed by atoms with Crippen LogP contribution in [0.3, 0.4) is 0 Å². The summed E-state index contributed by atoms with van der Waals surface area (Å²) >= 11 is 0. The summed E-state index contributed by atoms with van der Waals surface area (Å²) in [5.41, 5.74) is 0. The molecule has 126 valence electrons. The molecule has 1 saturated carbocycles. The third-order valence-corrected chi connectivity index (χ3v) is 5.40. The van der Waals surface area contributed by atoms with Crippen molar-refractivity contribution in [1.29, 1.82) is 0 Å². The second kappa shape index (κ2) is 13.0. The van der Waals surface area contributed by atoms with Gasteiger partial charge >= 0.3 is 0 Å². The molecule has 21 heavy (non-hydrogen) atoms. The molecule has 4 nitrogen and oxygen atoms in total. The summed E-state index contributed by atoms with van der Waals surface area (Å²) in [5.74, 6) is 4.68. The predicted octanol–water partition coefficient (Wildman–Crippen LogP) is 1.44. The molecule has 0 heterocycles. The second-order valence-electron chi connectivity index (χ2n) is 6.31. The molecule has 0 saturated heterocycles. The molecule has 0 aliphatic heterocycles. The molecule has 0 aromatic rings. The standard InChI is InChI=1S/C10H20.C6H15NO3.Ti/c1-6-7(2)9(4)10(5)8(6)3;8-4-1-7(2-5-9)3-6-10;/h6-10H,1-5H3;8-10H,1-6H2;. The van der Waals surface area contributed by atoms with Crippen LogP contribution >= 0.6 is 0 Å².